The predicted molar refractivity (Wildman–Crippen MR) is 45.6 cm³/mol. The average Bonchev–Trinajstić information content (AvgIpc) is 2.59. The average molecular weight is 217 g/mol. The van der Waals surface area contributed by atoms with Crippen LogP contribution in [0.4, 0.5) is 0 Å². The first-order valence-corrected chi connectivity index (χ1v) is 4.17. The lowest BCUT2D eigenvalue weighted by Gasteiger charge is -2.01. The van der Waals surface area contributed by atoms with Gasteiger partial charge in [-0.2, -0.15) is 0 Å². The molecule has 0 aliphatic rings. The molecule has 0 atom stereocenters. The van der Waals surface area contributed by atoms with Crippen molar-refractivity contribution < 1.29 is 24.2 Å². The van der Waals surface area contributed by atoms with Crippen LogP contribution in [0.3, 0.4) is 0 Å². The molecule has 1 aromatic heterocycles. The maximum atomic E-state index is 11.4. The molecule has 1 amide bonds. The lowest BCUT2D eigenvalue weighted by molar-refractivity contribution is -0.803. The second-order valence-corrected chi connectivity index (χ2v) is 2.63. The number of rotatable bonds is 5. The number of hydrogen-bond acceptors (Lipinski definition) is 6. The molecule has 0 aliphatic heterocycles. The topological polar surface area (TPSA) is 112 Å². The van der Waals surface area contributed by atoms with Gasteiger partial charge in [0.25, 0.3) is 17.3 Å². The number of methoxy groups -OCH3 is 1. The molecule has 1 rings (SSSR count). The van der Waals surface area contributed by atoms with E-state index in [4.69, 9.17) is 9.84 Å². The van der Waals surface area contributed by atoms with Gasteiger partial charge in [0.1, 0.15) is 6.61 Å². The number of carbonyl (C=O) groups excluding carboxylic acids is 1. The van der Waals surface area contributed by atoms with E-state index in [0.717, 1.165) is 0 Å². The first kappa shape index (κ1) is 11.4. The SMILES string of the molecule is COCCNC(=O)c1c(CO)no[n+]1[O-]. The standard InChI is InChI=1S/C7H11N3O5/c1-14-3-2-8-7(12)6-5(4-11)9-15-10(6)13/h11H,2-4H2,1H3,(H,8,12). The second kappa shape index (κ2) is 5.27. The van der Waals surface area contributed by atoms with Crippen molar-refractivity contribution >= 4 is 5.91 Å². The van der Waals surface area contributed by atoms with Gasteiger partial charge in [-0.05, 0) is 4.90 Å². The molecule has 1 aromatic rings. The number of aliphatic hydroxyl groups is 1. The van der Waals surface area contributed by atoms with Crippen molar-refractivity contribution in [2.45, 2.75) is 6.61 Å². The van der Waals surface area contributed by atoms with E-state index >= 15 is 0 Å². The number of hydrogen-bond donors (Lipinski definition) is 2. The number of ether oxygens (including phenoxy) is 1. The minimum Gasteiger partial charge on any atom is -0.387 e. The van der Waals surface area contributed by atoms with Crippen molar-refractivity contribution in [1.29, 1.82) is 0 Å². The third-order valence-corrected chi connectivity index (χ3v) is 1.64. The molecule has 0 bridgehead atoms. The molecule has 0 aliphatic carbocycles. The van der Waals surface area contributed by atoms with Crippen LogP contribution in [0.5, 0.6) is 0 Å². The minimum absolute atomic E-state index is 0.0479. The van der Waals surface area contributed by atoms with Crippen molar-refractivity contribution in [3.8, 4) is 0 Å². The van der Waals surface area contributed by atoms with Gasteiger partial charge in [0.05, 0.1) is 6.61 Å². The summed E-state index contributed by atoms with van der Waals surface area (Å²) in [5, 5.41) is 25.4. The van der Waals surface area contributed by atoms with Gasteiger partial charge in [-0.15, -0.1) is 0 Å². The van der Waals surface area contributed by atoms with Gasteiger partial charge < -0.3 is 20.4 Å². The van der Waals surface area contributed by atoms with Crippen LogP contribution >= 0.6 is 0 Å². The summed E-state index contributed by atoms with van der Waals surface area (Å²) in [5.74, 6) is -0.660. The van der Waals surface area contributed by atoms with Gasteiger partial charge >= 0.3 is 0 Å². The molecule has 15 heavy (non-hydrogen) atoms. The fraction of sp³-hybridized carbons (Fsp3) is 0.571. The summed E-state index contributed by atoms with van der Waals surface area (Å²) in [6.45, 7) is 0.0431. The van der Waals surface area contributed by atoms with Crippen LogP contribution in [-0.2, 0) is 11.3 Å². The molecular formula is C7H11N3O5. The Labute approximate surface area is 85.0 Å². The van der Waals surface area contributed by atoms with Crippen molar-refractivity contribution in [1.82, 2.24) is 10.5 Å². The van der Waals surface area contributed by atoms with E-state index in [1.54, 1.807) is 0 Å². The fourth-order valence-corrected chi connectivity index (χ4v) is 0.944. The third-order valence-electron chi connectivity index (χ3n) is 1.64. The first-order valence-electron chi connectivity index (χ1n) is 4.17. The summed E-state index contributed by atoms with van der Waals surface area (Å²) < 4.78 is 8.88. The van der Waals surface area contributed by atoms with Gasteiger partial charge in [0, 0.05) is 18.8 Å². The highest BCUT2D eigenvalue weighted by Crippen LogP contribution is 1.99. The van der Waals surface area contributed by atoms with Gasteiger partial charge in [0.15, 0.2) is 0 Å². The molecule has 0 unspecified atom stereocenters. The van der Waals surface area contributed by atoms with E-state index < -0.39 is 12.5 Å². The number of nitrogens with one attached hydrogen (secondary N) is 1. The first-order chi connectivity index (χ1) is 7.20. The summed E-state index contributed by atoms with van der Waals surface area (Å²) in [6.07, 6.45) is 0. The maximum absolute atomic E-state index is 11.4. The highest BCUT2D eigenvalue weighted by molar-refractivity contribution is 5.91. The molecule has 1 heterocycles. The zero-order chi connectivity index (χ0) is 11.3. The van der Waals surface area contributed by atoms with E-state index in [1.807, 2.05) is 0 Å². The van der Waals surface area contributed by atoms with Crippen molar-refractivity contribution in [3.05, 3.63) is 16.6 Å². The Morgan fingerprint density at radius 3 is 3.13 bits per heavy atom. The molecule has 8 heteroatoms. The Kier molecular flexibility index (Phi) is 4.01. The van der Waals surface area contributed by atoms with Crippen LogP contribution in [-0.4, -0.2) is 36.4 Å². The van der Waals surface area contributed by atoms with Crippen molar-refractivity contribution in [3.63, 3.8) is 0 Å². The van der Waals surface area contributed by atoms with Crippen LogP contribution in [0, 0.1) is 5.21 Å². The molecule has 8 nitrogen and oxygen atoms in total. The highest BCUT2D eigenvalue weighted by atomic mass is 16.8. The molecular weight excluding hydrogens is 206 g/mol. The second-order valence-electron chi connectivity index (χ2n) is 2.63. The van der Waals surface area contributed by atoms with E-state index in [9.17, 15) is 10.0 Å². The zero-order valence-corrected chi connectivity index (χ0v) is 8.10. The van der Waals surface area contributed by atoms with E-state index in [2.05, 4.69) is 15.1 Å². The Hall–Kier alpha value is -1.67. The maximum Gasteiger partial charge on any atom is 0.300 e. The molecule has 0 spiro atoms. The van der Waals surface area contributed by atoms with Crippen LogP contribution in [0.2, 0.25) is 0 Å². The largest absolute Gasteiger partial charge is 0.387 e. The molecule has 84 valence electrons. The molecule has 0 saturated carbocycles. The molecule has 0 saturated heterocycles. The van der Waals surface area contributed by atoms with Crippen molar-refractivity contribution in [2.24, 2.45) is 0 Å². The van der Waals surface area contributed by atoms with Gasteiger partial charge in [0.2, 0.25) is 0 Å². The van der Waals surface area contributed by atoms with Gasteiger partial charge in [-0.25, -0.2) is 0 Å². The number of aromatic nitrogens is 2. The summed E-state index contributed by atoms with van der Waals surface area (Å²) in [4.78, 5) is 11.3. The number of aliphatic hydroxyl groups excluding tert-OH is 1. The predicted octanol–water partition coefficient (Wildman–Crippen LogP) is -1.82. The normalized spacial score (nSPS) is 10.3. The monoisotopic (exact) mass is 217 g/mol. The summed E-state index contributed by atoms with van der Waals surface area (Å²) in [7, 11) is 1.48. The number of amides is 1. The van der Waals surface area contributed by atoms with Crippen LogP contribution < -0.4 is 10.2 Å². The number of carbonyl (C=O) groups is 1. The molecule has 0 aromatic carbocycles. The quantitative estimate of drug-likeness (QED) is 0.443. The molecule has 0 radical (unpaired) electrons. The Balaban J connectivity index is 2.67. The third kappa shape index (κ3) is 2.64. The number of nitrogens with zero attached hydrogens (tertiary/aromatic N) is 2. The molecule has 0 fully saturated rings. The van der Waals surface area contributed by atoms with Gasteiger partial charge in [-0.3, -0.25) is 9.42 Å². The minimum atomic E-state index is -0.660. The summed E-state index contributed by atoms with van der Waals surface area (Å²) in [5.41, 5.74) is -0.437. The highest BCUT2D eigenvalue weighted by Gasteiger charge is 2.25. The summed E-state index contributed by atoms with van der Waals surface area (Å²) >= 11 is 0. The smallest absolute Gasteiger partial charge is 0.300 e. The fourth-order valence-electron chi connectivity index (χ4n) is 0.944. The molecule has 2 N–H and O–H groups in total. The Morgan fingerprint density at radius 1 is 1.80 bits per heavy atom. The lowest BCUT2D eigenvalue weighted by atomic mass is 10.3. The van der Waals surface area contributed by atoms with E-state index in [-0.39, 0.29) is 22.8 Å². The van der Waals surface area contributed by atoms with Crippen molar-refractivity contribution in [2.75, 3.05) is 20.3 Å². The Bertz CT molecular complexity index is 337. The summed E-state index contributed by atoms with van der Waals surface area (Å²) in [6, 6.07) is 0. The van der Waals surface area contributed by atoms with Crippen LogP contribution in [0.1, 0.15) is 16.2 Å². The van der Waals surface area contributed by atoms with E-state index in [0.29, 0.717) is 6.61 Å². The Morgan fingerprint density at radius 2 is 2.53 bits per heavy atom. The lowest BCUT2D eigenvalue weighted by Crippen LogP contribution is -2.38. The zero-order valence-electron chi connectivity index (χ0n) is 8.10. The van der Waals surface area contributed by atoms with Crippen LogP contribution in [0.25, 0.3) is 0 Å². The van der Waals surface area contributed by atoms with Gasteiger partial charge in [-0.1, -0.05) is 0 Å². The van der Waals surface area contributed by atoms with E-state index in [1.165, 1.54) is 7.11 Å². The van der Waals surface area contributed by atoms with Crippen LogP contribution in [0.15, 0.2) is 4.63 Å².